The molecule has 0 radical (unpaired) electrons. The molecule has 11 heteroatoms. The third kappa shape index (κ3) is 4.65. The summed E-state index contributed by atoms with van der Waals surface area (Å²) in [5.74, 6) is 0.947. The summed E-state index contributed by atoms with van der Waals surface area (Å²) in [7, 11) is 0. The molecule has 0 atom stereocenters. The van der Waals surface area contributed by atoms with E-state index in [1.807, 2.05) is 36.7 Å². The maximum Gasteiger partial charge on any atom is 0.210 e. The summed E-state index contributed by atoms with van der Waals surface area (Å²) in [4.78, 5) is 7.06. The van der Waals surface area contributed by atoms with E-state index in [4.69, 9.17) is 16.3 Å². The Morgan fingerprint density at radius 1 is 1.09 bits per heavy atom. The van der Waals surface area contributed by atoms with Crippen molar-refractivity contribution >= 4 is 44.7 Å². The van der Waals surface area contributed by atoms with E-state index in [1.54, 1.807) is 6.20 Å². The zero-order valence-electron chi connectivity index (χ0n) is 18.8. The lowest BCUT2D eigenvalue weighted by Gasteiger charge is -2.26. The maximum atomic E-state index is 6.54. The number of morpholine rings is 1. The van der Waals surface area contributed by atoms with Crippen molar-refractivity contribution in [1.29, 1.82) is 0 Å². The van der Waals surface area contributed by atoms with Crippen molar-refractivity contribution < 1.29 is 4.74 Å². The lowest BCUT2D eigenvalue weighted by Crippen LogP contribution is -2.38. The SMILES string of the molecule is Clc1c(Nc2nnc(-c3cccc(-c4nccn4CCN4CCOCC4)c3)s2)ccc2[nH]ncc12. The van der Waals surface area contributed by atoms with Crippen molar-refractivity contribution in [2.75, 3.05) is 38.2 Å². The van der Waals surface area contributed by atoms with E-state index in [1.165, 1.54) is 11.3 Å². The lowest BCUT2D eigenvalue weighted by atomic mass is 10.1. The van der Waals surface area contributed by atoms with Gasteiger partial charge in [-0.3, -0.25) is 10.00 Å². The van der Waals surface area contributed by atoms with E-state index in [0.29, 0.717) is 10.2 Å². The Morgan fingerprint density at radius 3 is 2.89 bits per heavy atom. The second-order valence-corrected chi connectivity index (χ2v) is 9.63. The van der Waals surface area contributed by atoms with Crippen LogP contribution in [0.4, 0.5) is 10.8 Å². The molecular weight excluding hydrogens is 484 g/mol. The molecule has 35 heavy (non-hydrogen) atoms. The fourth-order valence-electron chi connectivity index (χ4n) is 4.20. The highest BCUT2D eigenvalue weighted by Gasteiger charge is 2.14. The highest BCUT2D eigenvalue weighted by Crippen LogP contribution is 2.35. The fourth-order valence-corrected chi connectivity index (χ4v) is 5.21. The summed E-state index contributed by atoms with van der Waals surface area (Å²) in [6, 6.07) is 12.1. The number of H-pyrrole nitrogens is 1. The molecule has 2 aromatic carbocycles. The van der Waals surface area contributed by atoms with Crippen LogP contribution in [-0.4, -0.2) is 67.7 Å². The van der Waals surface area contributed by atoms with Gasteiger partial charge in [0.05, 0.1) is 35.6 Å². The van der Waals surface area contributed by atoms with Gasteiger partial charge in [0.2, 0.25) is 5.13 Å². The zero-order chi connectivity index (χ0) is 23.6. The Morgan fingerprint density at radius 2 is 1.97 bits per heavy atom. The molecule has 0 unspecified atom stereocenters. The number of halogens is 1. The third-order valence-corrected chi connectivity index (χ3v) is 7.36. The number of imidazole rings is 1. The molecular formula is C24H23ClN8OS. The van der Waals surface area contributed by atoms with E-state index in [9.17, 15) is 0 Å². The number of rotatable bonds is 7. The number of nitrogens with zero attached hydrogens (tertiary/aromatic N) is 6. The molecule has 1 fully saturated rings. The van der Waals surface area contributed by atoms with Gasteiger partial charge in [-0.15, -0.1) is 10.2 Å². The molecule has 0 bridgehead atoms. The van der Waals surface area contributed by atoms with Gasteiger partial charge >= 0.3 is 0 Å². The van der Waals surface area contributed by atoms with E-state index in [-0.39, 0.29) is 0 Å². The van der Waals surface area contributed by atoms with Crippen LogP contribution >= 0.6 is 22.9 Å². The number of hydrogen-bond donors (Lipinski definition) is 2. The van der Waals surface area contributed by atoms with Gasteiger partial charge in [0.25, 0.3) is 0 Å². The highest BCUT2D eigenvalue weighted by atomic mass is 35.5. The largest absolute Gasteiger partial charge is 0.379 e. The van der Waals surface area contributed by atoms with Crippen LogP contribution in [0.25, 0.3) is 32.9 Å². The second-order valence-electron chi connectivity index (χ2n) is 8.27. The maximum absolute atomic E-state index is 6.54. The standard InChI is InChI=1S/C24H23ClN8OS/c25-21-18-15-27-29-19(18)4-5-20(21)28-24-31-30-23(35-24)17-3-1-2-16(14-17)22-26-6-7-33(22)9-8-32-10-12-34-13-11-32/h1-7,14-15H,8-13H2,(H,27,29)(H,28,31). The van der Waals surface area contributed by atoms with Crippen molar-refractivity contribution in [1.82, 2.24) is 34.8 Å². The number of benzene rings is 2. The number of hydrogen-bond acceptors (Lipinski definition) is 8. The number of aromatic amines is 1. The van der Waals surface area contributed by atoms with Crippen molar-refractivity contribution in [2.24, 2.45) is 0 Å². The summed E-state index contributed by atoms with van der Waals surface area (Å²) in [5.41, 5.74) is 3.69. The van der Waals surface area contributed by atoms with Crippen molar-refractivity contribution in [3.63, 3.8) is 0 Å². The first-order chi connectivity index (χ1) is 17.2. The number of nitrogens with one attached hydrogen (secondary N) is 2. The number of anilines is 2. The molecule has 0 amide bonds. The predicted molar refractivity (Wildman–Crippen MR) is 138 cm³/mol. The highest BCUT2D eigenvalue weighted by molar-refractivity contribution is 7.18. The lowest BCUT2D eigenvalue weighted by molar-refractivity contribution is 0.0364. The molecule has 1 aliphatic rings. The Hall–Kier alpha value is -3.31. The minimum atomic E-state index is 0.596. The van der Waals surface area contributed by atoms with Gasteiger partial charge in [0.15, 0.2) is 0 Å². The Balaban J connectivity index is 1.20. The summed E-state index contributed by atoms with van der Waals surface area (Å²) in [6.45, 7) is 5.44. The van der Waals surface area contributed by atoms with Crippen molar-refractivity contribution in [3.8, 4) is 22.0 Å². The molecule has 2 N–H and O–H groups in total. The average molecular weight is 507 g/mol. The summed E-state index contributed by atoms with van der Waals surface area (Å²) >= 11 is 8.02. The van der Waals surface area contributed by atoms with Gasteiger partial charge in [-0.2, -0.15) is 5.10 Å². The van der Waals surface area contributed by atoms with Crippen molar-refractivity contribution in [2.45, 2.75) is 6.54 Å². The quantitative estimate of drug-likeness (QED) is 0.331. The van der Waals surface area contributed by atoms with Crippen LogP contribution in [0.2, 0.25) is 5.02 Å². The van der Waals surface area contributed by atoms with Crippen LogP contribution in [0.1, 0.15) is 0 Å². The van der Waals surface area contributed by atoms with Crippen LogP contribution in [0, 0.1) is 0 Å². The first-order valence-corrected chi connectivity index (χ1v) is 12.6. The van der Waals surface area contributed by atoms with Gasteiger partial charge in [-0.05, 0) is 18.2 Å². The van der Waals surface area contributed by atoms with Crippen LogP contribution in [0.3, 0.4) is 0 Å². The molecule has 4 heterocycles. The summed E-state index contributed by atoms with van der Waals surface area (Å²) < 4.78 is 7.66. The fraction of sp³-hybridized carbons (Fsp3) is 0.250. The molecule has 0 aliphatic carbocycles. The number of fused-ring (bicyclic) bond motifs is 1. The molecule has 178 valence electrons. The smallest absolute Gasteiger partial charge is 0.210 e. The van der Waals surface area contributed by atoms with E-state index in [2.05, 4.69) is 52.3 Å². The Bertz CT molecular complexity index is 1450. The molecule has 0 saturated carbocycles. The molecule has 9 nitrogen and oxygen atoms in total. The van der Waals surface area contributed by atoms with E-state index >= 15 is 0 Å². The summed E-state index contributed by atoms with van der Waals surface area (Å²) in [6.07, 6.45) is 5.61. The molecule has 1 saturated heterocycles. The molecule has 1 aliphatic heterocycles. The molecule has 5 aromatic rings. The van der Waals surface area contributed by atoms with Crippen molar-refractivity contribution in [3.05, 3.63) is 60.0 Å². The number of aromatic nitrogens is 6. The van der Waals surface area contributed by atoms with Gasteiger partial charge in [0.1, 0.15) is 10.8 Å². The average Bonchev–Trinajstić information content (AvgIpc) is 3.66. The topological polar surface area (TPSA) is 96.8 Å². The summed E-state index contributed by atoms with van der Waals surface area (Å²) in [5, 5.41) is 21.9. The Kier molecular flexibility index (Phi) is 6.17. The molecule has 0 spiro atoms. The van der Waals surface area contributed by atoms with Gasteiger partial charge < -0.3 is 14.6 Å². The minimum Gasteiger partial charge on any atom is -0.379 e. The molecule has 3 aromatic heterocycles. The monoisotopic (exact) mass is 506 g/mol. The van der Waals surface area contributed by atoms with Crippen LogP contribution in [-0.2, 0) is 11.3 Å². The van der Waals surface area contributed by atoms with Crippen LogP contribution in [0.5, 0.6) is 0 Å². The Labute approximate surface area is 210 Å². The van der Waals surface area contributed by atoms with E-state index in [0.717, 1.165) is 77.9 Å². The third-order valence-electron chi connectivity index (χ3n) is 6.07. The zero-order valence-corrected chi connectivity index (χ0v) is 20.4. The number of ether oxygens (including phenoxy) is 1. The van der Waals surface area contributed by atoms with Gasteiger partial charge in [0, 0.05) is 55.1 Å². The van der Waals surface area contributed by atoms with Crippen LogP contribution in [0.15, 0.2) is 55.0 Å². The first-order valence-electron chi connectivity index (χ1n) is 11.4. The van der Waals surface area contributed by atoms with Gasteiger partial charge in [-0.25, -0.2) is 4.98 Å². The normalized spacial score (nSPS) is 14.5. The second kappa shape index (κ2) is 9.74. The predicted octanol–water partition coefficient (Wildman–Crippen LogP) is 4.67. The minimum absolute atomic E-state index is 0.596. The van der Waals surface area contributed by atoms with Crippen LogP contribution < -0.4 is 5.32 Å². The van der Waals surface area contributed by atoms with E-state index < -0.39 is 0 Å². The molecule has 6 rings (SSSR count). The first kappa shape index (κ1) is 22.2. The van der Waals surface area contributed by atoms with Gasteiger partial charge in [-0.1, -0.05) is 41.1 Å².